The quantitative estimate of drug-likeness (QED) is 0.544. The van der Waals surface area contributed by atoms with Crippen LogP contribution in [0.2, 0.25) is 0 Å². The molecule has 31 heavy (non-hydrogen) atoms. The number of fused-ring (bicyclic) bond motifs is 1. The van der Waals surface area contributed by atoms with Crippen molar-refractivity contribution in [3.8, 4) is 5.75 Å². The molecule has 1 aliphatic carbocycles. The minimum absolute atomic E-state index is 0.229. The molecule has 4 nitrogen and oxygen atoms in total. The van der Waals surface area contributed by atoms with Crippen molar-refractivity contribution in [3.05, 3.63) is 94.6 Å². The molecule has 0 bridgehead atoms. The molecule has 1 fully saturated rings. The van der Waals surface area contributed by atoms with Gasteiger partial charge in [-0.15, -0.1) is 0 Å². The number of para-hydroxylation sites is 1. The number of ketones is 1. The molecule has 6 heteroatoms. The molecule has 1 aliphatic heterocycles. The fraction of sp³-hybridized carbons (Fsp3) is 0.240. The monoisotopic (exact) mass is 418 g/mol. The number of benzene rings is 2. The van der Waals surface area contributed by atoms with Crippen molar-refractivity contribution in [3.63, 3.8) is 0 Å². The summed E-state index contributed by atoms with van der Waals surface area (Å²) in [4.78, 5) is 21.3. The molecule has 0 amide bonds. The third kappa shape index (κ3) is 3.42. The number of hydrogen-bond acceptors (Lipinski definition) is 4. The fourth-order valence-corrected chi connectivity index (χ4v) is 4.16. The highest BCUT2D eigenvalue weighted by molar-refractivity contribution is 5.97. The van der Waals surface area contributed by atoms with Crippen LogP contribution in [0.5, 0.6) is 5.75 Å². The third-order valence-electron chi connectivity index (χ3n) is 5.98. The first-order chi connectivity index (χ1) is 15.0. The summed E-state index contributed by atoms with van der Waals surface area (Å²) >= 11 is 0. The maximum absolute atomic E-state index is 13.9. The van der Waals surface area contributed by atoms with Crippen molar-refractivity contribution in [2.45, 2.75) is 38.2 Å². The smallest absolute Gasteiger partial charge is 0.174 e. The molecule has 0 saturated heterocycles. The average molecular weight is 418 g/mol. The number of aryl methyl sites for hydroxylation is 1. The van der Waals surface area contributed by atoms with E-state index < -0.39 is 23.0 Å². The number of ether oxygens (including phenoxy) is 1. The first-order valence-electron chi connectivity index (χ1n) is 10.3. The van der Waals surface area contributed by atoms with Gasteiger partial charge in [0.1, 0.15) is 23.0 Å². The molecule has 156 valence electrons. The summed E-state index contributed by atoms with van der Waals surface area (Å²) in [5, 5.41) is 0. The maximum atomic E-state index is 13.9. The molecule has 1 aromatic heterocycles. The zero-order valence-electron chi connectivity index (χ0n) is 17.0. The minimum atomic E-state index is -0.875. The van der Waals surface area contributed by atoms with E-state index in [0.29, 0.717) is 11.4 Å². The highest BCUT2D eigenvalue weighted by atomic mass is 19.1. The third-order valence-corrected chi connectivity index (χ3v) is 5.98. The normalized spacial score (nSPS) is 16.2. The lowest BCUT2D eigenvalue weighted by Crippen LogP contribution is -2.43. The Kier molecular flexibility index (Phi) is 4.65. The largest absolute Gasteiger partial charge is 0.482 e. The number of aromatic nitrogens is 2. The second-order valence-electron chi connectivity index (χ2n) is 8.12. The van der Waals surface area contributed by atoms with Crippen molar-refractivity contribution in [1.82, 2.24) is 9.97 Å². The van der Waals surface area contributed by atoms with Crippen LogP contribution >= 0.6 is 0 Å². The molecule has 1 saturated carbocycles. The molecule has 0 atom stereocenters. The topological polar surface area (TPSA) is 52.1 Å². The van der Waals surface area contributed by atoms with E-state index in [1.54, 1.807) is 6.20 Å². The van der Waals surface area contributed by atoms with Crippen molar-refractivity contribution in [2.24, 2.45) is 0 Å². The molecule has 2 heterocycles. The first kappa shape index (κ1) is 19.5. The summed E-state index contributed by atoms with van der Waals surface area (Å²) in [6.45, 7) is 2.02. The molecule has 1 spiro atoms. The molecule has 3 aromatic rings. The zero-order valence-corrected chi connectivity index (χ0v) is 17.0. The second-order valence-corrected chi connectivity index (χ2v) is 8.12. The van der Waals surface area contributed by atoms with Crippen LogP contribution in [0.15, 0.2) is 54.9 Å². The lowest BCUT2D eigenvalue weighted by atomic mass is 9.76. The molecular weight excluding hydrogens is 398 g/mol. The number of nitrogens with zero attached hydrogens (tertiary/aromatic N) is 2. The molecule has 0 N–H and O–H groups in total. The molecule has 0 unspecified atom stereocenters. The Bertz CT molecular complexity index is 1190. The summed E-state index contributed by atoms with van der Waals surface area (Å²) < 4.78 is 34.1. The zero-order chi connectivity index (χ0) is 21.6. The van der Waals surface area contributed by atoms with Gasteiger partial charge in [-0.1, -0.05) is 24.3 Å². The van der Waals surface area contributed by atoms with Gasteiger partial charge in [0.25, 0.3) is 0 Å². The Labute approximate surface area is 178 Å². The van der Waals surface area contributed by atoms with Gasteiger partial charge in [0, 0.05) is 17.3 Å². The van der Waals surface area contributed by atoms with Crippen LogP contribution in [0.3, 0.4) is 0 Å². The van der Waals surface area contributed by atoms with E-state index in [0.717, 1.165) is 53.8 Å². The molecule has 2 aliphatic rings. The Morgan fingerprint density at radius 2 is 1.81 bits per heavy atom. The number of halogens is 2. The van der Waals surface area contributed by atoms with Gasteiger partial charge in [-0.05, 0) is 50.0 Å². The van der Waals surface area contributed by atoms with Gasteiger partial charge in [-0.3, -0.25) is 14.8 Å². The van der Waals surface area contributed by atoms with E-state index in [-0.39, 0.29) is 12.0 Å². The fourth-order valence-electron chi connectivity index (χ4n) is 4.16. The van der Waals surface area contributed by atoms with Crippen LogP contribution in [-0.2, 0) is 6.42 Å². The van der Waals surface area contributed by atoms with Gasteiger partial charge in [0.05, 0.1) is 29.6 Å². The number of Topliss-reactive ketones (excluding diaryl/α,β-unsaturated/α-hetero) is 1. The van der Waals surface area contributed by atoms with E-state index in [1.165, 1.54) is 12.3 Å². The SMILES string of the molecule is Cc1cccc2c1OC1(C=C2c2cnc(CC(=O)c3c(F)cccc3F)cn2)CCC1. The summed E-state index contributed by atoms with van der Waals surface area (Å²) in [6, 6.07) is 9.37. The molecule has 2 aromatic carbocycles. The van der Waals surface area contributed by atoms with Gasteiger partial charge in [-0.2, -0.15) is 0 Å². The Morgan fingerprint density at radius 3 is 2.45 bits per heavy atom. The van der Waals surface area contributed by atoms with Gasteiger partial charge in [-0.25, -0.2) is 8.78 Å². The predicted molar refractivity (Wildman–Crippen MR) is 112 cm³/mol. The Hall–Kier alpha value is -3.41. The summed E-state index contributed by atoms with van der Waals surface area (Å²) in [7, 11) is 0. The number of hydrogen-bond donors (Lipinski definition) is 0. The lowest BCUT2D eigenvalue weighted by molar-refractivity contribution is 0.0369. The van der Waals surface area contributed by atoms with Gasteiger partial charge in [0.15, 0.2) is 5.78 Å². The predicted octanol–water partition coefficient (Wildman–Crippen LogP) is 5.24. The molecular formula is C25H20F2N2O2. The number of rotatable bonds is 4. The highest BCUT2D eigenvalue weighted by Gasteiger charge is 2.42. The standard InChI is InChI=1S/C25H20F2N2O2/c1-15-5-2-6-17-18(12-25(9-4-10-25)31-24(15)17)21-14-28-16(13-29-21)11-22(30)23-19(26)7-3-8-20(23)27/h2-3,5-8,12-14H,4,9-11H2,1H3. The van der Waals surface area contributed by atoms with E-state index in [4.69, 9.17) is 4.74 Å². The van der Waals surface area contributed by atoms with Gasteiger partial charge in [0.2, 0.25) is 0 Å². The Balaban J connectivity index is 1.45. The van der Waals surface area contributed by atoms with Crippen molar-refractivity contribution in [1.29, 1.82) is 0 Å². The van der Waals surface area contributed by atoms with E-state index in [2.05, 4.69) is 16.0 Å². The van der Waals surface area contributed by atoms with Crippen molar-refractivity contribution >= 4 is 11.4 Å². The summed E-state index contributed by atoms with van der Waals surface area (Å²) in [6.07, 6.45) is 8.03. The second kappa shape index (κ2) is 7.38. The van der Waals surface area contributed by atoms with Crippen LogP contribution in [0, 0.1) is 18.6 Å². The number of carbonyl (C=O) groups is 1. The van der Waals surface area contributed by atoms with Gasteiger partial charge >= 0.3 is 0 Å². The summed E-state index contributed by atoms with van der Waals surface area (Å²) in [5.74, 6) is -1.55. The van der Waals surface area contributed by atoms with Crippen LogP contribution in [0.25, 0.3) is 5.57 Å². The van der Waals surface area contributed by atoms with Crippen LogP contribution in [-0.4, -0.2) is 21.4 Å². The minimum Gasteiger partial charge on any atom is -0.482 e. The van der Waals surface area contributed by atoms with Crippen LogP contribution < -0.4 is 4.74 Å². The lowest BCUT2D eigenvalue weighted by Gasteiger charge is -2.43. The first-order valence-corrected chi connectivity index (χ1v) is 10.3. The van der Waals surface area contributed by atoms with Crippen LogP contribution in [0.1, 0.15) is 52.1 Å². The molecule has 0 radical (unpaired) electrons. The van der Waals surface area contributed by atoms with Crippen molar-refractivity contribution in [2.75, 3.05) is 0 Å². The maximum Gasteiger partial charge on any atom is 0.174 e. The molecule has 5 rings (SSSR count). The van der Waals surface area contributed by atoms with E-state index in [9.17, 15) is 13.6 Å². The van der Waals surface area contributed by atoms with Crippen molar-refractivity contribution < 1.29 is 18.3 Å². The number of carbonyl (C=O) groups excluding carboxylic acids is 1. The summed E-state index contributed by atoms with van der Waals surface area (Å²) in [5.41, 5.74) is 3.17. The highest BCUT2D eigenvalue weighted by Crippen LogP contribution is 2.47. The van der Waals surface area contributed by atoms with E-state index in [1.807, 2.05) is 25.1 Å². The van der Waals surface area contributed by atoms with Gasteiger partial charge < -0.3 is 4.74 Å². The Morgan fingerprint density at radius 1 is 1.06 bits per heavy atom. The average Bonchev–Trinajstić information content (AvgIpc) is 2.73. The van der Waals surface area contributed by atoms with Crippen LogP contribution in [0.4, 0.5) is 8.78 Å². The van der Waals surface area contributed by atoms with E-state index >= 15 is 0 Å².